The van der Waals surface area contributed by atoms with Gasteiger partial charge in [0.25, 0.3) is 5.89 Å². The Labute approximate surface area is 160 Å². The third kappa shape index (κ3) is 5.05. The summed E-state index contributed by atoms with van der Waals surface area (Å²) in [5.74, 6) is 1.11. The SMILES string of the molecule is COCc1nc(CCN(C2CN(C(=O)C3CCCCC3)C2)S(C)(=O)=O)no1. The highest BCUT2D eigenvalue weighted by Gasteiger charge is 2.40. The van der Waals surface area contributed by atoms with Crippen molar-refractivity contribution in [3.63, 3.8) is 0 Å². The van der Waals surface area contributed by atoms with Crippen molar-refractivity contribution in [2.24, 2.45) is 5.92 Å². The van der Waals surface area contributed by atoms with Crippen molar-refractivity contribution >= 4 is 15.9 Å². The van der Waals surface area contributed by atoms with Crippen LogP contribution in [0.5, 0.6) is 0 Å². The molecule has 1 aliphatic carbocycles. The molecule has 0 unspecified atom stereocenters. The maximum Gasteiger partial charge on any atom is 0.252 e. The molecule has 2 heterocycles. The zero-order chi connectivity index (χ0) is 19.4. The van der Waals surface area contributed by atoms with Gasteiger partial charge in [0.2, 0.25) is 15.9 Å². The molecule has 1 aromatic heterocycles. The van der Waals surface area contributed by atoms with Gasteiger partial charge in [-0.2, -0.15) is 9.29 Å². The number of hydrogen-bond donors (Lipinski definition) is 0. The predicted molar refractivity (Wildman–Crippen MR) is 97.2 cm³/mol. The quantitative estimate of drug-likeness (QED) is 0.636. The molecule has 27 heavy (non-hydrogen) atoms. The summed E-state index contributed by atoms with van der Waals surface area (Å²) in [5, 5.41) is 3.84. The topological polar surface area (TPSA) is 106 Å². The van der Waals surface area contributed by atoms with Crippen molar-refractivity contribution < 1.29 is 22.5 Å². The van der Waals surface area contributed by atoms with Gasteiger partial charge in [0.05, 0.1) is 12.3 Å². The van der Waals surface area contributed by atoms with Gasteiger partial charge in [-0.05, 0) is 12.8 Å². The Kier molecular flexibility index (Phi) is 6.48. The van der Waals surface area contributed by atoms with E-state index in [0.717, 1.165) is 25.7 Å². The van der Waals surface area contributed by atoms with Crippen LogP contribution in [0.2, 0.25) is 0 Å². The molecule has 1 amide bonds. The zero-order valence-corrected chi connectivity index (χ0v) is 16.8. The first-order chi connectivity index (χ1) is 12.9. The Hall–Kier alpha value is -1.52. The Balaban J connectivity index is 1.54. The summed E-state index contributed by atoms with van der Waals surface area (Å²) in [5.41, 5.74) is 0. The van der Waals surface area contributed by atoms with Crippen molar-refractivity contribution in [3.8, 4) is 0 Å². The number of aromatic nitrogens is 2. The number of carbonyl (C=O) groups excluding carboxylic acids is 1. The van der Waals surface area contributed by atoms with E-state index >= 15 is 0 Å². The summed E-state index contributed by atoms with van der Waals surface area (Å²) in [6, 6.07) is -0.183. The van der Waals surface area contributed by atoms with Crippen LogP contribution >= 0.6 is 0 Å². The lowest BCUT2D eigenvalue weighted by Crippen LogP contribution is -2.63. The molecule has 0 bridgehead atoms. The molecule has 0 radical (unpaired) electrons. The lowest BCUT2D eigenvalue weighted by Gasteiger charge is -2.45. The van der Waals surface area contributed by atoms with Crippen molar-refractivity contribution in [2.75, 3.05) is 33.0 Å². The molecule has 2 aliphatic rings. The number of rotatable bonds is 8. The fraction of sp³-hybridized carbons (Fsp3) is 0.824. The molecule has 152 valence electrons. The smallest absolute Gasteiger partial charge is 0.252 e. The highest BCUT2D eigenvalue weighted by molar-refractivity contribution is 7.88. The van der Waals surface area contributed by atoms with Gasteiger partial charge in [-0.25, -0.2) is 8.42 Å². The number of methoxy groups -OCH3 is 1. The van der Waals surface area contributed by atoms with E-state index in [1.807, 2.05) is 0 Å². The van der Waals surface area contributed by atoms with E-state index in [4.69, 9.17) is 9.26 Å². The predicted octanol–water partition coefficient (Wildman–Crippen LogP) is 0.811. The normalized spacial score (nSPS) is 19.4. The number of carbonyl (C=O) groups is 1. The standard InChI is InChI=1S/C17H28N4O5S/c1-25-12-16-18-15(19-26-16)8-9-21(27(2,23)24)14-10-20(11-14)17(22)13-6-4-3-5-7-13/h13-14H,3-12H2,1-2H3. The van der Waals surface area contributed by atoms with Gasteiger partial charge in [0, 0.05) is 39.1 Å². The van der Waals surface area contributed by atoms with Crippen LogP contribution < -0.4 is 0 Å². The van der Waals surface area contributed by atoms with Crippen molar-refractivity contribution in [1.82, 2.24) is 19.3 Å². The maximum absolute atomic E-state index is 12.6. The number of sulfonamides is 1. The lowest BCUT2D eigenvalue weighted by molar-refractivity contribution is -0.142. The summed E-state index contributed by atoms with van der Waals surface area (Å²) in [7, 11) is -1.85. The van der Waals surface area contributed by atoms with E-state index in [9.17, 15) is 13.2 Å². The summed E-state index contributed by atoms with van der Waals surface area (Å²) < 4.78 is 35.8. The molecular formula is C17H28N4O5S. The van der Waals surface area contributed by atoms with Gasteiger partial charge in [-0.3, -0.25) is 4.79 Å². The number of amides is 1. The van der Waals surface area contributed by atoms with Gasteiger partial charge in [-0.1, -0.05) is 24.4 Å². The van der Waals surface area contributed by atoms with Crippen LogP contribution in [0, 0.1) is 5.92 Å². The minimum Gasteiger partial charge on any atom is -0.375 e. The van der Waals surface area contributed by atoms with Crippen molar-refractivity contribution in [2.45, 2.75) is 51.2 Å². The van der Waals surface area contributed by atoms with Gasteiger partial charge >= 0.3 is 0 Å². The first-order valence-corrected chi connectivity index (χ1v) is 11.3. The van der Waals surface area contributed by atoms with Crippen LogP contribution in [-0.4, -0.2) is 72.7 Å². The van der Waals surface area contributed by atoms with Crippen LogP contribution in [0.4, 0.5) is 0 Å². The lowest BCUT2D eigenvalue weighted by atomic mass is 9.87. The number of nitrogens with zero attached hydrogens (tertiary/aromatic N) is 4. The number of ether oxygens (including phenoxy) is 1. The van der Waals surface area contributed by atoms with Crippen LogP contribution in [-0.2, 0) is 32.6 Å². The average Bonchev–Trinajstić information content (AvgIpc) is 3.04. The van der Waals surface area contributed by atoms with Crippen molar-refractivity contribution in [3.05, 3.63) is 11.7 Å². The zero-order valence-electron chi connectivity index (χ0n) is 16.0. The average molecular weight is 401 g/mol. The second-order valence-corrected chi connectivity index (χ2v) is 9.33. The van der Waals surface area contributed by atoms with Crippen LogP contribution in [0.3, 0.4) is 0 Å². The van der Waals surface area contributed by atoms with Crippen molar-refractivity contribution in [1.29, 1.82) is 0 Å². The maximum atomic E-state index is 12.6. The van der Waals surface area contributed by atoms with E-state index in [1.54, 1.807) is 4.90 Å². The third-order valence-electron chi connectivity index (χ3n) is 5.30. The summed E-state index contributed by atoms with van der Waals surface area (Å²) in [4.78, 5) is 18.5. The molecule has 1 aliphatic heterocycles. The van der Waals surface area contributed by atoms with Crippen LogP contribution in [0.25, 0.3) is 0 Å². The van der Waals surface area contributed by atoms with Gasteiger partial charge in [0.1, 0.15) is 6.61 Å². The fourth-order valence-electron chi connectivity index (χ4n) is 3.83. The molecule has 1 aromatic rings. The van der Waals surface area contributed by atoms with E-state index in [-0.39, 0.29) is 31.0 Å². The van der Waals surface area contributed by atoms with E-state index in [0.29, 0.717) is 31.2 Å². The second kappa shape index (κ2) is 8.66. The van der Waals surface area contributed by atoms with E-state index in [1.165, 1.54) is 24.1 Å². The van der Waals surface area contributed by atoms with Gasteiger partial charge in [0.15, 0.2) is 5.82 Å². The van der Waals surface area contributed by atoms with Crippen LogP contribution in [0.1, 0.15) is 43.8 Å². The highest BCUT2D eigenvalue weighted by atomic mass is 32.2. The Morgan fingerprint density at radius 3 is 2.63 bits per heavy atom. The summed E-state index contributed by atoms with van der Waals surface area (Å²) in [6.45, 7) is 1.41. The van der Waals surface area contributed by atoms with E-state index < -0.39 is 10.0 Å². The fourth-order valence-corrected chi connectivity index (χ4v) is 4.93. The Morgan fingerprint density at radius 1 is 1.30 bits per heavy atom. The minimum atomic E-state index is -3.39. The van der Waals surface area contributed by atoms with Crippen LogP contribution in [0.15, 0.2) is 4.52 Å². The molecule has 10 heteroatoms. The first kappa shape index (κ1) is 20.2. The molecule has 0 atom stereocenters. The minimum absolute atomic E-state index is 0.116. The monoisotopic (exact) mass is 400 g/mol. The molecule has 3 rings (SSSR count). The highest BCUT2D eigenvalue weighted by Crippen LogP contribution is 2.28. The summed E-state index contributed by atoms with van der Waals surface area (Å²) >= 11 is 0. The molecule has 0 aromatic carbocycles. The first-order valence-electron chi connectivity index (χ1n) is 9.44. The third-order valence-corrected chi connectivity index (χ3v) is 6.63. The molecular weight excluding hydrogens is 372 g/mol. The summed E-state index contributed by atoms with van der Waals surface area (Å²) in [6.07, 6.45) is 6.89. The molecule has 9 nitrogen and oxygen atoms in total. The molecule has 2 fully saturated rings. The molecule has 1 saturated carbocycles. The molecule has 1 saturated heterocycles. The molecule has 0 N–H and O–H groups in total. The number of hydrogen-bond acceptors (Lipinski definition) is 7. The Bertz CT molecular complexity index is 738. The second-order valence-electron chi connectivity index (χ2n) is 7.39. The largest absolute Gasteiger partial charge is 0.375 e. The van der Waals surface area contributed by atoms with E-state index in [2.05, 4.69) is 10.1 Å². The van der Waals surface area contributed by atoms with Gasteiger partial charge < -0.3 is 14.2 Å². The van der Waals surface area contributed by atoms with Gasteiger partial charge in [-0.15, -0.1) is 0 Å². The number of likely N-dealkylation sites (tertiary alicyclic amines) is 1. The Morgan fingerprint density at radius 2 is 2.00 bits per heavy atom. The molecule has 0 spiro atoms.